The van der Waals surface area contributed by atoms with Gasteiger partial charge in [0.1, 0.15) is 11.0 Å². The number of rotatable bonds is 1. The molecule has 11 heteroatoms. The number of amides is 2. The van der Waals surface area contributed by atoms with Crippen LogP contribution in [-0.4, -0.2) is 44.8 Å². The van der Waals surface area contributed by atoms with Crippen LogP contribution in [0.3, 0.4) is 0 Å². The van der Waals surface area contributed by atoms with Crippen LogP contribution >= 0.6 is 34.8 Å². The molecule has 0 unspecified atom stereocenters. The highest BCUT2D eigenvalue weighted by atomic mass is 35.5. The van der Waals surface area contributed by atoms with Crippen molar-refractivity contribution in [3.63, 3.8) is 0 Å². The minimum absolute atomic E-state index is 0. The predicted octanol–water partition coefficient (Wildman–Crippen LogP) is 6.11. The smallest absolute Gasteiger partial charge is 0.228 e. The van der Waals surface area contributed by atoms with Gasteiger partial charge in [0.05, 0.1) is 11.4 Å². The van der Waals surface area contributed by atoms with Gasteiger partial charge >= 0.3 is 0 Å². The maximum absolute atomic E-state index is 12.1. The molecule has 8 nitrogen and oxygen atoms in total. The third kappa shape index (κ3) is 8.23. The average Bonchev–Trinajstić information content (AvgIpc) is 3.40. The fraction of sp³-hybridized carbons (Fsp3) is 0.630. The number of carbonyl (C=O) groups excluding carboxylic acids is 2. The molecule has 2 aromatic rings. The van der Waals surface area contributed by atoms with E-state index in [9.17, 15) is 9.59 Å². The number of nitrogens with zero attached hydrogens (tertiary/aromatic N) is 5. The summed E-state index contributed by atoms with van der Waals surface area (Å²) in [4.78, 5) is 41.1. The van der Waals surface area contributed by atoms with Gasteiger partial charge in [0.2, 0.25) is 22.4 Å². The highest BCUT2D eigenvalue weighted by Crippen LogP contribution is 2.31. The zero-order valence-corrected chi connectivity index (χ0v) is 23.3. The Kier molecular flexibility index (Phi) is 12.0. The summed E-state index contributed by atoms with van der Waals surface area (Å²) in [6, 6.07) is 0. The quantitative estimate of drug-likeness (QED) is 0.321. The average molecular weight is 584 g/mol. The minimum atomic E-state index is 0. The van der Waals surface area contributed by atoms with Gasteiger partial charge in [-0.25, -0.2) is 15.0 Å². The van der Waals surface area contributed by atoms with Crippen LogP contribution in [0.15, 0.2) is 0 Å². The highest BCUT2D eigenvalue weighted by molar-refractivity contribution is 6.32. The van der Waals surface area contributed by atoms with Gasteiger partial charge in [0, 0.05) is 37.1 Å². The molecule has 1 N–H and O–H groups in total. The number of hydrogen-bond acceptors (Lipinski definition) is 6. The Morgan fingerprint density at radius 1 is 0.632 bits per heavy atom. The molecule has 0 aromatic carbocycles. The van der Waals surface area contributed by atoms with Gasteiger partial charge in [0.25, 0.3) is 0 Å². The lowest BCUT2D eigenvalue weighted by Crippen LogP contribution is -2.32. The van der Waals surface area contributed by atoms with E-state index in [4.69, 9.17) is 34.8 Å². The Labute approximate surface area is 240 Å². The zero-order chi connectivity index (χ0) is 26.2. The molecule has 2 aromatic heterocycles. The highest BCUT2D eigenvalue weighted by Gasteiger charge is 2.27. The van der Waals surface area contributed by atoms with Crippen molar-refractivity contribution >= 4 is 52.4 Å². The second kappa shape index (κ2) is 14.9. The van der Waals surface area contributed by atoms with Crippen LogP contribution < -0.4 is 10.2 Å². The second-order valence-electron chi connectivity index (χ2n) is 9.67. The summed E-state index contributed by atoms with van der Waals surface area (Å²) in [6.45, 7) is 1.65. The van der Waals surface area contributed by atoms with E-state index in [-0.39, 0.29) is 29.8 Å². The van der Waals surface area contributed by atoms with Crippen molar-refractivity contribution in [2.75, 3.05) is 18.0 Å². The van der Waals surface area contributed by atoms with Crippen molar-refractivity contribution in [1.82, 2.24) is 25.3 Å². The van der Waals surface area contributed by atoms with Crippen molar-refractivity contribution in [3.8, 4) is 0 Å². The SMILES string of the molecule is C.Clc1nc(Cl)c2c(n1)CCC2.O=C1CCCCCN1.O=C1CCCCCN1c1nc(Cl)nc2c1CCC2. The Morgan fingerprint density at radius 2 is 1.26 bits per heavy atom. The number of anilines is 1. The van der Waals surface area contributed by atoms with E-state index in [1.165, 1.54) is 6.42 Å². The lowest BCUT2D eigenvalue weighted by Gasteiger charge is -2.22. The first-order valence-corrected chi connectivity index (χ1v) is 14.4. The predicted molar refractivity (Wildman–Crippen MR) is 152 cm³/mol. The third-order valence-electron chi connectivity index (χ3n) is 6.97. The van der Waals surface area contributed by atoms with Crippen molar-refractivity contribution in [2.24, 2.45) is 0 Å². The van der Waals surface area contributed by atoms with Crippen LogP contribution in [0.2, 0.25) is 15.7 Å². The molecule has 6 rings (SSSR count). The summed E-state index contributed by atoms with van der Waals surface area (Å²) < 4.78 is 0. The van der Waals surface area contributed by atoms with Crippen LogP contribution in [0, 0.1) is 0 Å². The standard InChI is InChI=1S/C13H16ClN3O.C7H6Cl2N2.C6H11NO.CH4/c14-13-15-10-6-4-5-9(10)12(16-13)17-8-3-1-2-7-11(17)18;8-6-4-2-1-3-5(4)10-7(9)11-6;8-6-4-2-1-3-5-7-6;/h1-8H2;1-3H2;1-5H2,(H,7,8);1H4. The van der Waals surface area contributed by atoms with Gasteiger partial charge in [-0.1, -0.05) is 31.9 Å². The maximum atomic E-state index is 12.1. The molecule has 2 aliphatic carbocycles. The molecule has 0 saturated carbocycles. The normalized spacial score (nSPS) is 18.3. The Morgan fingerprint density at radius 3 is 2.03 bits per heavy atom. The van der Waals surface area contributed by atoms with Crippen LogP contribution in [0.5, 0.6) is 0 Å². The number of aryl methyl sites for hydroxylation is 2. The molecular weight excluding hydrogens is 547 g/mol. The summed E-state index contributed by atoms with van der Waals surface area (Å²) in [5, 5.41) is 3.86. The van der Waals surface area contributed by atoms with Crippen LogP contribution in [0.1, 0.15) is 94.1 Å². The third-order valence-corrected chi connectivity index (χ3v) is 7.62. The van der Waals surface area contributed by atoms with E-state index in [2.05, 4.69) is 25.3 Å². The summed E-state index contributed by atoms with van der Waals surface area (Å²) in [5.74, 6) is 1.17. The molecule has 0 radical (unpaired) electrons. The molecule has 2 amide bonds. The van der Waals surface area contributed by atoms with E-state index in [1.807, 2.05) is 4.90 Å². The number of aromatic nitrogens is 4. The van der Waals surface area contributed by atoms with Crippen LogP contribution in [-0.2, 0) is 35.3 Å². The maximum Gasteiger partial charge on any atom is 0.228 e. The van der Waals surface area contributed by atoms with E-state index in [1.54, 1.807) is 0 Å². The molecular formula is C27H37Cl3N6O2. The molecule has 4 aliphatic rings. The van der Waals surface area contributed by atoms with Crippen LogP contribution in [0.4, 0.5) is 5.82 Å². The Balaban J connectivity index is 0.000000171. The molecule has 38 heavy (non-hydrogen) atoms. The Hall–Kier alpha value is -2.03. The summed E-state index contributed by atoms with van der Waals surface area (Å²) in [7, 11) is 0. The van der Waals surface area contributed by atoms with E-state index >= 15 is 0 Å². The van der Waals surface area contributed by atoms with Gasteiger partial charge in [-0.2, -0.15) is 4.98 Å². The molecule has 0 atom stereocenters. The molecule has 0 spiro atoms. The fourth-order valence-electron chi connectivity index (χ4n) is 5.07. The van der Waals surface area contributed by atoms with Crippen molar-refractivity contribution < 1.29 is 9.59 Å². The number of halogens is 3. The summed E-state index contributed by atoms with van der Waals surface area (Å²) >= 11 is 17.4. The summed E-state index contributed by atoms with van der Waals surface area (Å²) in [5.41, 5.74) is 4.27. The topological polar surface area (TPSA) is 101 Å². The molecule has 208 valence electrons. The van der Waals surface area contributed by atoms with Gasteiger partial charge in [-0.05, 0) is 87.4 Å². The van der Waals surface area contributed by atoms with Crippen molar-refractivity contribution in [3.05, 3.63) is 38.2 Å². The van der Waals surface area contributed by atoms with Gasteiger partial charge in [0.15, 0.2) is 0 Å². The van der Waals surface area contributed by atoms with Gasteiger partial charge in [-0.3, -0.25) is 14.5 Å². The lowest BCUT2D eigenvalue weighted by atomic mass is 10.2. The molecule has 2 fully saturated rings. The lowest BCUT2D eigenvalue weighted by molar-refractivity contribution is -0.121. The van der Waals surface area contributed by atoms with Crippen molar-refractivity contribution in [1.29, 1.82) is 0 Å². The molecule has 4 heterocycles. The summed E-state index contributed by atoms with van der Waals surface area (Å²) in [6.07, 6.45) is 14.0. The van der Waals surface area contributed by atoms with E-state index < -0.39 is 0 Å². The zero-order valence-electron chi connectivity index (χ0n) is 21.0. The monoisotopic (exact) mass is 582 g/mol. The molecule has 2 aliphatic heterocycles. The first kappa shape index (κ1) is 30.5. The molecule has 2 saturated heterocycles. The number of carbonyl (C=O) groups is 2. The minimum Gasteiger partial charge on any atom is -0.356 e. The van der Waals surface area contributed by atoms with Gasteiger partial charge < -0.3 is 5.32 Å². The molecule has 0 bridgehead atoms. The van der Waals surface area contributed by atoms with E-state index in [0.717, 1.165) is 118 Å². The number of nitrogens with one attached hydrogen (secondary N) is 1. The Bertz CT molecular complexity index is 1120. The number of fused-ring (bicyclic) bond motifs is 2. The van der Waals surface area contributed by atoms with Crippen LogP contribution in [0.25, 0.3) is 0 Å². The first-order chi connectivity index (χ1) is 17.9. The van der Waals surface area contributed by atoms with Gasteiger partial charge in [-0.15, -0.1) is 0 Å². The second-order valence-corrected chi connectivity index (χ2v) is 10.7. The van der Waals surface area contributed by atoms with E-state index in [0.29, 0.717) is 11.6 Å². The first-order valence-electron chi connectivity index (χ1n) is 13.3. The van der Waals surface area contributed by atoms with Crippen molar-refractivity contribution in [2.45, 2.75) is 97.3 Å². The number of hydrogen-bond donors (Lipinski definition) is 1. The largest absolute Gasteiger partial charge is 0.356 e. The fourth-order valence-corrected chi connectivity index (χ4v) is 5.77.